The van der Waals surface area contributed by atoms with Gasteiger partial charge in [0.15, 0.2) is 0 Å². The van der Waals surface area contributed by atoms with Gasteiger partial charge in [0.25, 0.3) is 0 Å². The van der Waals surface area contributed by atoms with Crippen molar-refractivity contribution in [3.63, 3.8) is 0 Å². The van der Waals surface area contributed by atoms with E-state index in [1.54, 1.807) is 7.05 Å². The predicted molar refractivity (Wildman–Crippen MR) is 74.2 cm³/mol. The molecule has 2 amide bonds. The second-order valence-electron chi connectivity index (χ2n) is 4.54. The highest BCUT2D eigenvalue weighted by molar-refractivity contribution is 5.89. The van der Waals surface area contributed by atoms with Gasteiger partial charge in [-0.3, -0.25) is 0 Å². The third kappa shape index (κ3) is 3.13. The van der Waals surface area contributed by atoms with Gasteiger partial charge < -0.3 is 20.4 Å². The third-order valence-corrected chi connectivity index (χ3v) is 3.22. The van der Waals surface area contributed by atoms with Crippen molar-refractivity contribution >= 4 is 17.4 Å². The molecule has 0 unspecified atom stereocenters. The van der Waals surface area contributed by atoms with Crippen molar-refractivity contribution in [2.24, 2.45) is 0 Å². The molecule has 5 heteroatoms. The SMILES string of the molecule is CNC(=O)Nc1ccc(N2CCN(C)CC2)cc1. The Morgan fingerprint density at radius 3 is 2.28 bits per heavy atom. The number of anilines is 2. The molecule has 2 rings (SSSR count). The van der Waals surface area contributed by atoms with Crippen LogP contribution in [0.1, 0.15) is 0 Å². The molecule has 1 aliphatic rings. The molecular formula is C13H20N4O. The van der Waals surface area contributed by atoms with Crippen molar-refractivity contribution in [3.8, 4) is 0 Å². The van der Waals surface area contributed by atoms with Gasteiger partial charge in [0.05, 0.1) is 0 Å². The highest BCUT2D eigenvalue weighted by atomic mass is 16.2. The van der Waals surface area contributed by atoms with Gasteiger partial charge >= 0.3 is 6.03 Å². The van der Waals surface area contributed by atoms with Crippen molar-refractivity contribution in [2.45, 2.75) is 0 Å². The first-order valence-electron chi connectivity index (χ1n) is 6.21. The van der Waals surface area contributed by atoms with Crippen LogP contribution in [-0.4, -0.2) is 51.2 Å². The Balaban J connectivity index is 1.97. The highest BCUT2D eigenvalue weighted by Gasteiger charge is 2.13. The van der Waals surface area contributed by atoms with Gasteiger partial charge in [0, 0.05) is 44.6 Å². The minimum atomic E-state index is -0.192. The second kappa shape index (κ2) is 5.73. The molecule has 0 bridgehead atoms. The summed E-state index contributed by atoms with van der Waals surface area (Å²) in [7, 11) is 3.75. The van der Waals surface area contributed by atoms with Crippen molar-refractivity contribution in [2.75, 3.05) is 50.5 Å². The summed E-state index contributed by atoms with van der Waals surface area (Å²) in [6.45, 7) is 4.30. The topological polar surface area (TPSA) is 47.6 Å². The van der Waals surface area contributed by atoms with E-state index >= 15 is 0 Å². The molecule has 0 radical (unpaired) electrons. The Bertz CT molecular complexity index is 396. The van der Waals surface area contributed by atoms with Crippen LogP contribution in [0.3, 0.4) is 0 Å². The zero-order chi connectivity index (χ0) is 13.0. The van der Waals surface area contributed by atoms with Crippen molar-refractivity contribution in [3.05, 3.63) is 24.3 Å². The minimum absolute atomic E-state index is 0.192. The average molecular weight is 248 g/mol. The van der Waals surface area contributed by atoms with Gasteiger partial charge in [0.2, 0.25) is 0 Å². The van der Waals surface area contributed by atoms with E-state index in [0.717, 1.165) is 31.9 Å². The first-order valence-corrected chi connectivity index (χ1v) is 6.21. The largest absolute Gasteiger partial charge is 0.369 e. The summed E-state index contributed by atoms with van der Waals surface area (Å²) in [5.74, 6) is 0. The van der Waals surface area contributed by atoms with E-state index in [1.165, 1.54) is 5.69 Å². The molecule has 1 aromatic carbocycles. The van der Waals surface area contributed by atoms with E-state index < -0.39 is 0 Å². The fraction of sp³-hybridized carbons (Fsp3) is 0.462. The molecule has 1 heterocycles. The number of carbonyl (C=O) groups excluding carboxylic acids is 1. The quantitative estimate of drug-likeness (QED) is 0.826. The van der Waals surface area contributed by atoms with Crippen LogP contribution >= 0.6 is 0 Å². The van der Waals surface area contributed by atoms with Gasteiger partial charge in [-0.1, -0.05) is 0 Å². The molecule has 5 nitrogen and oxygen atoms in total. The fourth-order valence-corrected chi connectivity index (χ4v) is 2.01. The Hall–Kier alpha value is -1.75. The summed E-state index contributed by atoms with van der Waals surface area (Å²) in [6.07, 6.45) is 0. The summed E-state index contributed by atoms with van der Waals surface area (Å²) in [6, 6.07) is 7.78. The first kappa shape index (κ1) is 12.7. The number of benzene rings is 1. The maximum Gasteiger partial charge on any atom is 0.318 e. The first-order chi connectivity index (χ1) is 8.69. The normalized spacial score (nSPS) is 16.4. The lowest BCUT2D eigenvalue weighted by Gasteiger charge is -2.34. The summed E-state index contributed by atoms with van der Waals surface area (Å²) in [5, 5.41) is 5.28. The van der Waals surface area contributed by atoms with Crippen LogP contribution in [0, 0.1) is 0 Å². The number of likely N-dealkylation sites (N-methyl/N-ethyl adjacent to an activating group) is 1. The van der Waals surface area contributed by atoms with Gasteiger partial charge in [-0.15, -0.1) is 0 Å². The summed E-state index contributed by atoms with van der Waals surface area (Å²) in [5.41, 5.74) is 2.03. The van der Waals surface area contributed by atoms with Crippen LogP contribution in [0.5, 0.6) is 0 Å². The molecule has 0 spiro atoms. The Kier molecular flexibility index (Phi) is 4.04. The van der Waals surface area contributed by atoms with E-state index in [9.17, 15) is 4.79 Å². The number of amides is 2. The number of urea groups is 1. The molecular weight excluding hydrogens is 228 g/mol. The summed E-state index contributed by atoms with van der Waals surface area (Å²) < 4.78 is 0. The van der Waals surface area contributed by atoms with E-state index in [0.29, 0.717) is 0 Å². The maximum absolute atomic E-state index is 11.2. The van der Waals surface area contributed by atoms with Crippen LogP contribution in [0.2, 0.25) is 0 Å². The zero-order valence-corrected chi connectivity index (χ0v) is 10.9. The molecule has 1 aromatic rings. The lowest BCUT2D eigenvalue weighted by atomic mass is 10.2. The number of carbonyl (C=O) groups is 1. The van der Waals surface area contributed by atoms with Gasteiger partial charge in [-0.05, 0) is 31.3 Å². The molecule has 1 aliphatic heterocycles. The molecule has 98 valence electrons. The van der Waals surface area contributed by atoms with E-state index in [4.69, 9.17) is 0 Å². The molecule has 1 saturated heterocycles. The maximum atomic E-state index is 11.2. The van der Waals surface area contributed by atoms with Crippen molar-refractivity contribution in [1.29, 1.82) is 0 Å². The molecule has 18 heavy (non-hydrogen) atoms. The average Bonchev–Trinajstić information content (AvgIpc) is 2.40. The molecule has 1 fully saturated rings. The molecule has 0 aromatic heterocycles. The molecule has 0 saturated carbocycles. The van der Waals surface area contributed by atoms with Gasteiger partial charge in [0.1, 0.15) is 0 Å². The minimum Gasteiger partial charge on any atom is -0.369 e. The lowest BCUT2D eigenvalue weighted by molar-refractivity contribution is 0.254. The molecule has 2 N–H and O–H groups in total. The Morgan fingerprint density at radius 2 is 1.72 bits per heavy atom. The van der Waals surface area contributed by atoms with Crippen LogP contribution in [0.25, 0.3) is 0 Å². The lowest BCUT2D eigenvalue weighted by Crippen LogP contribution is -2.44. The number of nitrogens with zero attached hydrogens (tertiary/aromatic N) is 2. The zero-order valence-electron chi connectivity index (χ0n) is 10.9. The Morgan fingerprint density at radius 1 is 1.11 bits per heavy atom. The number of nitrogens with one attached hydrogen (secondary N) is 2. The smallest absolute Gasteiger partial charge is 0.318 e. The molecule has 0 atom stereocenters. The van der Waals surface area contributed by atoms with Crippen LogP contribution in [-0.2, 0) is 0 Å². The van der Waals surface area contributed by atoms with Crippen molar-refractivity contribution < 1.29 is 4.79 Å². The second-order valence-corrected chi connectivity index (χ2v) is 4.54. The number of piperazine rings is 1. The van der Waals surface area contributed by atoms with E-state index in [2.05, 4.69) is 39.6 Å². The fourth-order valence-electron chi connectivity index (χ4n) is 2.01. The number of hydrogen-bond donors (Lipinski definition) is 2. The number of hydrogen-bond acceptors (Lipinski definition) is 3. The third-order valence-electron chi connectivity index (χ3n) is 3.22. The summed E-state index contributed by atoms with van der Waals surface area (Å²) >= 11 is 0. The van der Waals surface area contributed by atoms with Crippen LogP contribution < -0.4 is 15.5 Å². The standard InChI is InChI=1S/C13H20N4O/c1-14-13(18)15-11-3-5-12(6-4-11)17-9-7-16(2)8-10-17/h3-6H,7-10H2,1-2H3,(H2,14,15,18). The van der Waals surface area contributed by atoms with E-state index in [-0.39, 0.29) is 6.03 Å². The van der Waals surface area contributed by atoms with Crippen molar-refractivity contribution in [1.82, 2.24) is 10.2 Å². The highest BCUT2D eigenvalue weighted by Crippen LogP contribution is 2.19. The van der Waals surface area contributed by atoms with Gasteiger partial charge in [-0.25, -0.2) is 4.79 Å². The predicted octanol–water partition coefficient (Wildman–Crippen LogP) is 1.19. The van der Waals surface area contributed by atoms with Crippen LogP contribution in [0.15, 0.2) is 24.3 Å². The monoisotopic (exact) mass is 248 g/mol. The van der Waals surface area contributed by atoms with E-state index in [1.807, 2.05) is 12.1 Å². The number of rotatable bonds is 2. The molecule has 0 aliphatic carbocycles. The van der Waals surface area contributed by atoms with Crippen LogP contribution in [0.4, 0.5) is 16.2 Å². The van der Waals surface area contributed by atoms with Gasteiger partial charge in [-0.2, -0.15) is 0 Å². The summed E-state index contributed by atoms with van der Waals surface area (Å²) in [4.78, 5) is 15.9. The Labute approximate surface area is 108 Å².